The highest BCUT2D eigenvalue weighted by Crippen LogP contribution is 2.47. The highest BCUT2D eigenvalue weighted by Gasteiger charge is 2.45. The fourth-order valence-corrected chi connectivity index (χ4v) is 3.96. The zero-order valence-electron chi connectivity index (χ0n) is 14.7. The van der Waals surface area contributed by atoms with Gasteiger partial charge in [0.1, 0.15) is 5.75 Å². The molecule has 0 spiro atoms. The number of unbranched alkanes of at least 4 members (excludes halogenated alkanes) is 1. The highest BCUT2D eigenvalue weighted by atomic mass is 16.5. The van der Waals surface area contributed by atoms with E-state index in [9.17, 15) is 5.11 Å². The van der Waals surface area contributed by atoms with E-state index >= 15 is 0 Å². The number of benzene rings is 2. The first kappa shape index (κ1) is 17.0. The molecule has 2 aromatic carbocycles. The van der Waals surface area contributed by atoms with E-state index in [1.807, 2.05) is 24.3 Å². The molecular formula is C22H28O2. The van der Waals surface area contributed by atoms with Gasteiger partial charge in [0.25, 0.3) is 0 Å². The van der Waals surface area contributed by atoms with Gasteiger partial charge in [-0.15, -0.1) is 0 Å². The Morgan fingerprint density at radius 2 is 1.75 bits per heavy atom. The van der Waals surface area contributed by atoms with Crippen LogP contribution >= 0.6 is 0 Å². The first-order chi connectivity index (χ1) is 11.7. The summed E-state index contributed by atoms with van der Waals surface area (Å²) in [4.78, 5) is 0. The Kier molecular flexibility index (Phi) is 5.25. The first-order valence-corrected chi connectivity index (χ1v) is 9.16. The van der Waals surface area contributed by atoms with E-state index in [0.29, 0.717) is 6.61 Å². The molecule has 3 rings (SSSR count). The highest BCUT2D eigenvalue weighted by molar-refractivity contribution is 5.44. The minimum absolute atomic E-state index is 0.0401. The topological polar surface area (TPSA) is 29.5 Å². The lowest BCUT2D eigenvalue weighted by atomic mass is 9.69. The molecule has 2 heteroatoms. The molecule has 0 aliphatic carbocycles. The van der Waals surface area contributed by atoms with Crippen molar-refractivity contribution in [3.63, 3.8) is 0 Å². The third kappa shape index (κ3) is 3.08. The Morgan fingerprint density at radius 1 is 1.04 bits per heavy atom. The number of ether oxygens (including phenoxy) is 1. The van der Waals surface area contributed by atoms with E-state index in [2.05, 4.69) is 44.2 Å². The summed E-state index contributed by atoms with van der Waals surface area (Å²) in [6.07, 6.45) is 3.73. The van der Waals surface area contributed by atoms with Crippen LogP contribution in [0.5, 0.6) is 5.75 Å². The minimum Gasteiger partial charge on any atom is -0.493 e. The molecule has 0 bridgehead atoms. The summed E-state index contributed by atoms with van der Waals surface area (Å²) in [6.45, 7) is 4.97. The maximum Gasteiger partial charge on any atom is 0.123 e. The van der Waals surface area contributed by atoms with Crippen molar-refractivity contribution >= 4 is 0 Å². The van der Waals surface area contributed by atoms with Crippen molar-refractivity contribution in [2.45, 2.75) is 51.6 Å². The lowest BCUT2D eigenvalue weighted by molar-refractivity contribution is -0.0210. The predicted octanol–water partition coefficient (Wildman–Crippen LogP) is 5.16. The fraction of sp³-hybridized carbons (Fsp3) is 0.455. The van der Waals surface area contributed by atoms with Gasteiger partial charge in [0.05, 0.1) is 12.7 Å². The average Bonchev–Trinajstić information content (AvgIpc) is 2.76. The van der Waals surface area contributed by atoms with Gasteiger partial charge in [-0.05, 0) is 24.5 Å². The molecule has 2 nitrogen and oxygen atoms in total. The quantitative estimate of drug-likeness (QED) is 0.823. The van der Waals surface area contributed by atoms with Crippen LogP contribution in [-0.4, -0.2) is 17.8 Å². The Hall–Kier alpha value is -1.80. The fourth-order valence-electron chi connectivity index (χ4n) is 3.96. The third-order valence-electron chi connectivity index (χ3n) is 5.60. The average molecular weight is 324 g/mol. The summed E-state index contributed by atoms with van der Waals surface area (Å²) in [5, 5.41) is 11.5. The Morgan fingerprint density at radius 3 is 2.46 bits per heavy atom. The zero-order chi connectivity index (χ0) is 17.0. The molecule has 1 heterocycles. The van der Waals surface area contributed by atoms with Crippen LogP contribution in [0.25, 0.3) is 0 Å². The van der Waals surface area contributed by atoms with Gasteiger partial charge in [-0.2, -0.15) is 0 Å². The number of fused-ring (bicyclic) bond motifs is 1. The van der Waals surface area contributed by atoms with E-state index in [0.717, 1.165) is 42.6 Å². The van der Waals surface area contributed by atoms with Crippen molar-refractivity contribution in [2.75, 3.05) is 6.61 Å². The summed E-state index contributed by atoms with van der Waals surface area (Å²) in [7, 11) is 0. The maximum atomic E-state index is 11.5. The Labute approximate surface area is 145 Å². The van der Waals surface area contributed by atoms with E-state index in [-0.39, 0.29) is 11.3 Å². The van der Waals surface area contributed by atoms with E-state index in [1.54, 1.807) is 0 Å². The number of aliphatic hydroxyl groups excluding tert-OH is 1. The monoisotopic (exact) mass is 324 g/mol. The largest absolute Gasteiger partial charge is 0.493 e. The molecule has 1 N–H and O–H groups in total. The van der Waals surface area contributed by atoms with E-state index < -0.39 is 6.10 Å². The molecule has 0 saturated carbocycles. The van der Waals surface area contributed by atoms with Gasteiger partial charge in [-0.3, -0.25) is 0 Å². The normalized spacial score (nSPS) is 26.3. The van der Waals surface area contributed by atoms with Crippen LogP contribution in [0.1, 0.15) is 56.6 Å². The molecule has 0 aromatic heterocycles. The zero-order valence-corrected chi connectivity index (χ0v) is 14.7. The van der Waals surface area contributed by atoms with Crippen LogP contribution in [0.2, 0.25) is 0 Å². The number of rotatable bonds is 5. The van der Waals surface area contributed by atoms with Crippen LogP contribution in [0.4, 0.5) is 0 Å². The molecule has 1 aliphatic rings. The minimum atomic E-state index is -0.444. The first-order valence-electron chi connectivity index (χ1n) is 9.16. The SMILES string of the molecule is CCCC[C@]1(CC)COc2ccccc2[C@@H](c2ccccc2)[C@H]1O. The third-order valence-corrected chi connectivity index (χ3v) is 5.60. The van der Waals surface area contributed by atoms with Gasteiger partial charge in [0.15, 0.2) is 0 Å². The summed E-state index contributed by atoms with van der Waals surface area (Å²) in [5.74, 6) is 0.874. The van der Waals surface area contributed by atoms with Gasteiger partial charge in [-0.1, -0.05) is 75.2 Å². The Balaban J connectivity index is 2.09. The van der Waals surface area contributed by atoms with Crippen LogP contribution in [-0.2, 0) is 0 Å². The standard InChI is InChI=1S/C22H28O2/c1-3-5-15-22(4-2)16-24-19-14-10-9-13-18(19)20(21(22)23)17-11-7-6-8-12-17/h6-14,20-21,23H,3-5,15-16H2,1-2H3/t20-,21-,22-/m1/s1. The summed E-state index contributed by atoms with van der Waals surface area (Å²) in [5.41, 5.74) is 2.07. The molecule has 0 radical (unpaired) electrons. The van der Waals surface area contributed by atoms with Gasteiger partial charge in [0, 0.05) is 16.9 Å². The smallest absolute Gasteiger partial charge is 0.123 e. The van der Waals surface area contributed by atoms with Crippen molar-refractivity contribution in [1.29, 1.82) is 0 Å². The number of hydrogen-bond acceptors (Lipinski definition) is 2. The molecule has 3 atom stereocenters. The lowest BCUT2D eigenvalue weighted by Crippen LogP contribution is -2.42. The second kappa shape index (κ2) is 7.40. The maximum absolute atomic E-state index is 11.5. The number of hydrogen-bond donors (Lipinski definition) is 1. The molecular weight excluding hydrogens is 296 g/mol. The van der Waals surface area contributed by atoms with Gasteiger partial charge in [-0.25, -0.2) is 0 Å². The summed E-state index contributed by atoms with van der Waals surface area (Å²) < 4.78 is 6.21. The molecule has 0 saturated heterocycles. The lowest BCUT2D eigenvalue weighted by Gasteiger charge is -2.39. The van der Waals surface area contributed by atoms with Crippen molar-refractivity contribution in [3.05, 3.63) is 65.7 Å². The number of aliphatic hydroxyl groups is 1. The van der Waals surface area contributed by atoms with Crippen LogP contribution in [0.3, 0.4) is 0 Å². The van der Waals surface area contributed by atoms with Crippen molar-refractivity contribution in [1.82, 2.24) is 0 Å². The molecule has 1 aliphatic heterocycles. The summed E-state index contributed by atoms with van der Waals surface area (Å²) in [6, 6.07) is 18.6. The molecule has 24 heavy (non-hydrogen) atoms. The van der Waals surface area contributed by atoms with Gasteiger partial charge < -0.3 is 9.84 Å². The Bertz CT molecular complexity index is 652. The van der Waals surface area contributed by atoms with Crippen LogP contribution in [0.15, 0.2) is 54.6 Å². The predicted molar refractivity (Wildman–Crippen MR) is 98.5 cm³/mol. The second-order valence-corrected chi connectivity index (χ2v) is 6.98. The van der Waals surface area contributed by atoms with Crippen molar-refractivity contribution < 1.29 is 9.84 Å². The van der Waals surface area contributed by atoms with Crippen LogP contribution < -0.4 is 4.74 Å². The van der Waals surface area contributed by atoms with Gasteiger partial charge in [0.2, 0.25) is 0 Å². The molecule has 0 amide bonds. The molecule has 0 unspecified atom stereocenters. The number of para-hydroxylation sites is 1. The van der Waals surface area contributed by atoms with Gasteiger partial charge >= 0.3 is 0 Å². The molecule has 0 fully saturated rings. The van der Waals surface area contributed by atoms with E-state index in [1.165, 1.54) is 0 Å². The van der Waals surface area contributed by atoms with Crippen molar-refractivity contribution in [2.24, 2.45) is 5.41 Å². The van der Waals surface area contributed by atoms with Crippen molar-refractivity contribution in [3.8, 4) is 5.75 Å². The molecule has 2 aromatic rings. The second-order valence-electron chi connectivity index (χ2n) is 6.98. The summed E-state index contributed by atoms with van der Waals surface area (Å²) >= 11 is 0. The van der Waals surface area contributed by atoms with E-state index in [4.69, 9.17) is 4.74 Å². The molecule has 128 valence electrons. The van der Waals surface area contributed by atoms with Crippen LogP contribution in [0, 0.1) is 5.41 Å².